The molecule has 0 radical (unpaired) electrons. The van der Waals surface area contributed by atoms with Crippen LogP contribution in [0.4, 0.5) is 5.82 Å². The first-order valence-electron chi connectivity index (χ1n) is 9.17. The first-order chi connectivity index (χ1) is 12.3. The van der Waals surface area contributed by atoms with E-state index in [2.05, 4.69) is 25.8 Å². The van der Waals surface area contributed by atoms with E-state index >= 15 is 0 Å². The summed E-state index contributed by atoms with van der Waals surface area (Å²) < 4.78 is 13.0. The topological polar surface area (TPSA) is 96.4 Å². The van der Waals surface area contributed by atoms with Crippen molar-refractivity contribution in [2.75, 3.05) is 11.5 Å². The van der Waals surface area contributed by atoms with Gasteiger partial charge in [-0.1, -0.05) is 27.2 Å². The van der Waals surface area contributed by atoms with Crippen molar-refractivity contribution < 1.29 is 14.3 Å². The van der Waals surface area contributed by atoms with Gasteiger partial charge in [-0.3, -0.25) is 4.57 Å². The zero-order valence-corrected chi connectivity index (χ0v) is 16.3. The Hall–Kier alpha value is -1.54. The maximum absolute atomic E-state index is 12.6. The number of ether oxygens (including phenoxy) is 2. The largest absolute Gasteiger partial charge is 0.459 e. The van der Waals surface area contributed by atoms with Gasteiger partial charge in [0.05, 0.1) is 0 Å². The van der Waals surface area contributed by atoms with Gasteiger partial charge in [-0.05, 0) is 36.7 Å². The monoisotopic (exact) mass is 381 g/mol. The van der Waals surface area contributed by atoms with Crippen molar-refractivity contribution in [3.8, 4) is 0 Å². The molecule has 2 fully saturated rings. The van der Waals surface area contributed by atoms with E-state index in [1.165, 1.54) is 28.8 Å². The van der Waals surface area contributed by atoms with E-state index in [-0.39, 0.29) is 17.9 Å². The molecule has 2 heterocycles. The highest BCUT2D eigenvalue weighted by Crippen LogP contribution is 2.37. The number of nitrogen functional groups attached to an aromatic ring is 1. The van der Waals surface area contributed by atoms with Crippen molar-refractivity contribution >= 4 is 23.5 Å². The molecule has 144 valence electrons. The SMILES string of the molecule is CC(C)[C@@H]1CC[C@@H](C)CC1OC(=O)[C@@H]1OC(n2ccc(N)nc2=O)CS1. The van der Waals surface area contributed by atoms with Gasteiger partial charge in [0.15, 0.2) is 0 Å². The minimum Gasteiger partial charge on any atom is -0.459 e. The number of thioether (sulfide) groups is 1. The Balaban J connectivity index is 1.63. The lowest BCUT2D eigenvalue weighted by molar-refractivity contribution is -0.166. The van der Waals surface area contributed by atoms with Crippen molar-refractivity contribution in [2.45, 2.75) is 57.8 Å². The summed E-state index contributed by atoms with van der Waals surface area (Å²) >= 11 is 1.35. The molecule has 1 saturated carbocycles. The van der Waals surface area contributed by atoms with Crippen LogP contribution in [-0.4, -0.2) is 32.8 Å². The Morgan fingerprint density at radius 3 is 2.92 bits per heavy atom. The fraction of sp³-hybridized carbons (Fsp3) is 0.722. The summed E-state index contributed by atoms with van der Waals surface area (Å²) in [5, 5.41) is 0. The Bertz CT molecular complexity index is 708. The van der Waals surface area contributed by atoms with E-state index < -0.39 is 17.4 Å². The van der Waals surface area contributed by atoms with E-state index in [0.29, 0.717) is 23.5 Å². The third-order valence-electron chi connectivity index (χ3n) is 5.25. The van der Waals surface area contributed by atoms with Crippen molar-refractivity contribution in [3.63, 3.8) is 0 Å². The molecule has 1 aliphatic heterocycles. The van der Waals surface area contributed by atoms with E-state index in [9.17, 15) is 9.59 Å². The molecule has 0 amide bonds. The van der Waals surface area contributed by atoms with Gasteiger partial charge in [0.25, 0.3) is 0 Å². The highest BCUT2D eigenvalue weighted by molar-refractivity contribution is 8.00. The van der Waals surface area contributed by atoms with Crippen molar-refractivity contribution in [1.82, 2.24) is 9.55 Å². The minimum atomic E-state index is -0.713. The molecule has 8 heteroatoms. The lowest BCUT2D eigenvalue weighted by atomic mass is 9.75. The lowest BCUT2D eigenvalue weighted by Gasteiger charge is -2.37. The number of carbonyl (C=O) groups is 1. The maximum atomic E-state index is 12.6. The molecule has 1 saturated heterocycles. The summed E-state index contributed by atoms with van der Waals surface area (Å²) in [6.45, 7) is 6.56. The summed E-state index contributed by atoms with van der Waals surface area (Å²) in [5.74, 6) is 1.73. The normalized spacial score (nSPS) is 31.9. The molecule has 5 atom stereocenters. The molecule has 7 nitrogen and oxygen atoms in total. The third kappa shape index (κ3) is 4.23. The standard InChI is InChI=1S/C18H27N3O4S/c1-10(2)12-5-4-11(3)8-13(12)24-16(22)17-25-15(9-26-17)21-7-6-14(19)20-18(21)23/h6-7,10-13,15,17H,4-5,8-9H2,1-3H3,(H2,19,20,23)/t11-,12+,13?,15?,17-/m1/s1. The molecule has 1 aromatic heterocycles. The molecule has 3 rings (SSSR count). The number of hydrogen-bond donors (Lipinski definition) is 1. The molecule has 0 bridgehead atoms. The summed E-state index contributed by atoms with van der Waals surface area (Å²) in [6.07, 6.45) is 4.11. The summed E-state index contributed by atoms with van der Waals surface area (Å²) in [7, 11) is 0. The smallest absolute Gasteiger partial charge is 0.351 e. The molecule has 1 aromatic rings. The van der Waals surface area contributed by atoms with Crippen LogP contribution in [0.25, 0.3) is 0 Å². The number of nitrogens with two attached hydrogens (primary N) is 1. The van der Waals surface area contributed by atoms with Gasteiger partial charge in [0, 0.05) is 11.9 Å². The van der Waals surface area contributed by atoms with E-state index in [1.54, 1.807) is 6.20 Å². The van der Waals surface area contributed by atoms with Crippen molar-refractivity contribution in [3.05, 3.63) is 22.7 Å². The first-order valence-corrected chi connectivity index (χ1v) is 10.2. The minimum absolute atomic E-state index is 0.0598. The van der Waals surface area contributed by atoms with Crippen molar-refractivity contribution in [2.24, 2.45) is 17.8 Å². The maximum Gasteiger partial charge on any atom is 0.351 e. The number of aromatic nitrogens is 2. The van der Waals surface area contributed by atoms with E-state index in [0.717, 1.165) is 12.8 Å². The number of hydrogen-bond acceptors (Lipinski definition) is 7. The van der Waals surface area contributed by atoms with E-state index in [1.807, 2.05) is 0 Å². The van der Waals surface area contributed by atoms with Gasteiger partial charge in [0.2, 0.25) is 5.44 Å². The first kappa shape index (κ1) is 19.2. The molecular weight excluding hydrogens is 354 g/mol. The number of rotatable bonds is 4. The van der Waals surface area contributed by atoms with Crippen LogP contribution in [0.1, 0.15) is 46.3 Å². The average molecular weight is 381 g/mol. The van der Waals surface area contributed by atoms with Crippen molar-refractivity contribution in [1.29, 1.82) is 0 Å². The molecule has 0 spiro atoms. The van der Waals surface area contributed by atoms with Gasteiger partial charge >= 0.3 is 11.7 Å². The van der Waals surface area contributed by atoms with Crippen LogP contribution in [0.3, 0.4) is 0 Å². The van der Waals surface area contributed by atoms with Crippen LogP contribution in [0.2, 0.25) is 0 Å². The number of nitrogens with zero attached hydrogens (tertiary/aromatic N) is 2. The second kappa shape index (κ2) is 8.00. The Morgan fingerprint density at radius 2 is 2.23 bits per heavy atom. The Morgan fingerprint density at radius 1 is 1.46 bits per heavy atom. The van der Waals surface area contributed by atoms with Crippen LogP contribution in [0.15, 0.2) is 17.1 Å². The number of esters is 1. The molecular formula is C18H27N3O4S. The van der Waals surface area contributed by atoms with Crippen LogP contribution < -0.4 is 11.4 Å². The lowest BCUT2D eigenvalue weighted by Crippen LogP contribution is -2.38. The Kier molecular flexibility index (Phi) is 5.92. The van der Waals surface area contributed by atoms with Crippen LogP contribution >= 0.6 is 11.8 Å². The third-order valence-corrected chi connectivity index (χ3v) is 6.34. The summed E-state index contributed by atoms with van der Waals surface area (Å²) in [6, 6.07) is 1.54. The van der Waals surface area contributed by atoms with E-state index in [4.69, 9.17) is 15.2 Å². The molecule has 26 heavy (non-hydrogen) atoms. The van der Waals surface area contributed by atoms with Gasteiger partial charge < -0.3 is 15.2 Å². The number of carbonyl (C=O) groups excluding carboxylic acids is 1. The summed E-state index contributed by atoms with van der Waals surface area (Å²) in [4.78, 5) is 28.3. The predicted octanol–water partition coefficient (Wildman–Crippen LogP) is 2.42. The fourth-order valence-corrected chi connectivity index (χ4v) is 4.74. The molecule has 2 aliphatic rings. The molecule has 0 aromatic carbocycles. The highest BCUT2D eigenvalue weighted by Gasteiger charge is 2.38. The molecule has 2 unspecified atom stereocenters. The van der Waals surface area contributed by atoms with Gasteiger partial charge in [-0.2, -0.15) is 4.98 Å². The summed E-state index contributed by atoms with van der Waals surface area (Å²) in [5.41, 5.74) is 4.32. The van der Waals surface area contributed by atoms with Crippen LogP contribution in [0.5, 0.6) is 0 Å². The van der Waals surface area contributed by atoms with Crippen LogP contribution in [-0.2, 0) is 14.3 Å². The van der Waals surface area contributed by atoms with Gasteiger partial charge in [-0.25, -0.2) is 9.59 Å². The number of anilines is 1. The predicted molar refractivity (Wildman–Crippen MR) is 101 cm³/mol. The fourth-order valence-electron chi connectivity index (χ4n) is 3.76. The van der Waals surface area contributed by atoms with Crippen LogP contribution in [0, 0.1) is 17.8 Å². The molecule has 1 aliphatic carbocycles. The quantitative estimate of drug-likeness (QED) is 0.800. The highest BCUT2D eigenvalue weighted by atomic mass is 32.2. The molecule has 2 N–H and O–H groups in total. The zero-order chi connectivity index (χ0) is 18.8. The zero-order valence-electron chi connectivity index (χ0n) is 15.5. The average Bonchev–Trinajstić information content (AvgIpc) is 3.04. The van der Waals surface area contributed by atoms with Gasteiger partial charge in [0.1, 0.15) is 18.1 Å². The second-order valence-electron chi connectivity index (χ2n) is 7.60. The Labute approximate surface area is 157 Å². The second-order valence-corrected chi connectivity index (χ2v) is 8.69. The van der Waals surface area contributed by atoms with Gasteiger partial charge in [-0.15, -0.1) is 11.8 Å².